The van der Waals surface area contributed by atoms with Gasteiger partial charge in [-0.15, -0.1) is 0 Å². The van der Waals surface area contributed by atoms with E-state index in [1.807, 2.05) is 11.8 Å². The van der Waals surface area contributed by atoms with Gasteiger partial charge in [-0.1, -0.05) is 6.42 Å². The highest BCUT2D eigenvalue weighted by Crippen LogP contribution is 2.33. The molecular formula is C14H24N4O6S. The molecule has 0 spiro atoms. The maximum absolute atomic E-state index is 11.1. The van der Waals surface area contributed by atoms with Crippen molar-refractivity contribution < 1.29 is 29.4 Å². The number of carboxylic acid groups (broad SMARTS) is 1. The number of nitrogens with one attached hydrogen (secondary N) is 2. The van der Waals surface area contributed by atoms with Crippen molar-refractivity contribution in [3.05, 3.63) is 0 Å². The molecule has 11 heteroatoms. The number of carboxylic acids is 1. The second-order valence-corrected chi connectivity index (χ2v) is 7.12. The van der Waals surface area contributed by atoms with Crippen molar-refractivity contribution >= 4 is 35.6 Å². The summed E-state index contributed by atoms with van der Waals surface area (Å²) in [5, 5.41) is 23.3. The molecule has 0 aromatic heterocycles. The summed E-state index contributed by atoms with van der Waals surface area (Å²) in [6.07, 6.45) is 1.03. The summed E-state index contributed by atoms with van der Waals surface area (Å²) in [5.74, 6) is -1.45. The van der Waals surface area contributed by atoms with Gasteiger partial charge >= 0.3 is 12.0 Å². The molecule has 10 nitrogen and oxygen atoms in total. The van der Waals surface area contributed by atoms with Crippen LogP contribution in [-0.4, -0.2) is 63.2 Å². The van der Waals surface area contributed by atoms with E-state index < -0.39 is 30.3 Å². The molecule has 0 aromatic carbocycles. The molecule has 0 aromatic rings. The Morgan fingerprint density at radius 3 is 2.44 bits per heavy atom. The van der Waals surface area contributed by atoms with E-state index >= 15 is 0 Å². The number of primary amides is 2. The number of thioether (sulfide) groups is 1. The number of aliphatic hydroxyl groups excluding tert-OH is 1. The Kier molecular flexibility index (Phi) is 8.49. The second kappa shape index (κ2) is 10.1. The van der Waals surface area contributed by atoms with Gasteiger partial charge in [0.25, 0.3) is 0 Å². The van der Waals surface area contributed by atoms with Crippen LogP contribution in [0.4, 0.5) is 4.79 Å². The van der Waals surface area contributed by atoms with Gasteiger partial charge in [-0.25, -0.2) is 4.79 Å². The molecule has 4 atom stereocenters. The summed E-state index contributed by atoms with van der Waals surface area (Å²) in [7, 11) is 0. The zero-order valence-corrected chi connectivity index (χ0v) is 14.5. The van der Waals surface area contributed by atoms with Gasteiger partial charge in [0.2, 0.25) is 11.8 Å². The molecule has 2 rings (SSSR count). The minimum atomic E-state index is -1.44. The van der Waals surface area contributed by atoms with E-state index in [1.54, 1.807) is 0 Å². The smallest absolute Gasteiger partial charge is 0.315 e. The third-order valence-corrected chi connectivity index (χ3v) is 5.30. The van der Waals surface area contributed by atoms with E-state index in [1.165, 1.54) is 0 Å². The van der Waals surface area contributed by atoms with E-state index in [0.29, 0.717) is 5.25 Å². The molecule has 4 amide bonds. The number of carbonyl (C=O) groups excluding carboxylic acids is 3. The van der Waals surface area contributed by atoms with Gasteiger partial charge in [0.15, 0.2) is 0 Å². The molecule has 2 aliphatic heterocycles. The molecule has 2 heterocycles. The van der Waals surface area contributed by atoms with Crippen LogP contribution >= 0.6 is 11.8 Å². The van der Waals surface area contributed by atoms with Crippen LogP contribution in [0.15, 0.2) is 0 Å². The fourth-order valence-electron chi connectivity index (χ4n) is 2.56. The van der Waals surface area contributed by atoms with Crippen molar-refractivity contribution in [3.8, 4) is 0 Å². The topological polar surface area (TPSA) is 185 Å². The first-order valence-corrected chi connectivity index (χ1v) is 8.91. The van der Waals surface area contributed by atoms with E-state index in [-0.39, 0.29) is 24.5 Å². The van der Waals surface area contributed by atoms with Crippen molar-refractivity contribution in [3.63, 3.8) is 0 Å². The van der Waals surface area contributed by atoms with Crippen LogP contribution in [-0.2, 0) is 14.4 Å². The number of hydrogen-bond acceptors (Lipinski definition) is 6. The average Bonchev–Trinajstić information content (AvgIpc) is 3.03. The minimum Gasteiger partial charge on any atom is -0.481 e. The molecule has 142 valence electrons. The van der Waals surface area contributed by atoms with E-state index in [0.717, 1.165) is 25.0 Å². The first-order chi connectivity index (χ1) is 11.7. The minimum absolute atomic E-state index is 0.0640. The maximum atomic E-state index is 11.1. The molecular weight excluding hydrogens is 352 g/mol. The number of carbonyl (C=O) groups is 4. The van der Waals surface area contributed by atoms with Crippen molar-refractivity contribution in [2.75, 3.05) is 5.75 Å². The molecule has 8 N–H and O–H groups in total. The zero-order valence-electron chi connectivity index (χ0n) is 13.6. The standard InChI is InChI=1S/C10H16N2O3S.C4H8N2O3/c13-8(14)4-2-1-3-7-9-6(5-16-7)11-10(15)12-9;5-3(8)1-2(7)4(6)9/h6-7,9H,1-5H2,(H,13,14)(H2,11,12,15);2,7H,1H2,(H2,5,8)(H2,6,9)/t6-,7-,9-;/m0./s1. The molecule has 2 saturated heterocycles. The van der Waals surface area contributed by atoms with Gasteiger partial charge in [0.05, 0.1) is 18.5 Å². The van der Waals surface area contributed by atoms with Gasteiger partial charge in [-0.2, -0.15) is 11.8 Å². The average molecular weight is 376 g/mol. The molecule has 0 bridgehead atoms. The summed E-state index contributed by atoms with van der Waals surface area (Å²) in [6.45, 7) is 0. The lowest BCUT2D eigenvalue weighted by Crippen LogP contribution is -2.36. The summed E-state index contributed by atoms with van der Waals surface area (Å²) < 4.78 is 0. The summed E-state index contributed by atoms with van der Waals surface area (Å²) in [5.41, 5.74) is 9.21. The third kappa shape index (κ3) is 7.61. The highest BCUT2D eigenvalue weighted by Gasteiger charge is 2.42. The van der Waals surface area contributed by atoms with Crippen LogP contribution in [0.2, 0.25) is 0 Å². The highest BCUT2D eigenvalue weighted by atomic mass is 32.2. The Hall–Kier alpha value is -2.01. The molecule has 2 fully saturated rings. The number of aliphatic hydroxyl groups is 1. The van der Waals surface area contributed by atoms with Crippen molar-refractivity contribution in [1.82, 2.24) is 10.6 Å². The third-order valence-electron chi connectivity index (χ3n) is 3.79. The molecule has 0 aliphatic carbocycles. The number of rotatable bonds is 8. The largest absolute Gasteiger partial charge is 0.481 e. The van der Waals surface area contributed by atoms with Crippen molar-refractivity contribution in [2.24, 2.45) is 11.5 Å². The predicted octanol–water partition coefficient (Wildman–Crippen LogP) is -1.50. The van der Waals surface area contributed by atoms with E-state index in [9.17, 15) is 19.2 Å². The Labute approximate surface area is 149 Å². The SMILES string of the molecule is NC(=O)CC(O)C(N)=O.O=C(O)CCCC[C@@H]1SC[C@@H]2NC(=O)N[C@@H]21. The molecule has 2 aliphatic rings. The van der Waals surface area contributed by atoms with Crippen LogP contribution < -0.4 is 22.1 Å². The summed E-state index contributed by atoms with van der Waals surface area (Å²) in [6, 6.07) is 0.440. The van der Waals surface area contributed by atoms with Crippen molar-refractivity contribution in [2.45, 2.75) is 55.5 Å². The molecule has 0 saturated carbocycles. The van der Waals surface area contributed by atoms with Crippen LogP contribution in [0, 0.1) is 0 Å². The number of nitrogens with two attached hydrogens (primary N) is 2. The lowest BCUT2D eigenvalue weighted by atomic mass is 10.0. The Morgan fingerprint density at radius 2 is 1.92 bits per heavy atom. The summed E-state index contributed by atoms with van der Waals surface area (Å²) >= 11 is 1.87. The monoisotopic (exact) mass is 376 g/mol. The first kappa shape index (κ1) is 21.0. The summed E-state index contributed by atoms with van der Waals surface area (Å²) in [4.78, 5) is 41.4. The van der Waals surface area contributed by atoms with Gasteiger partial charge < -0.3 is 32.3 Å². The van der Waals surface area contributed by atoms with Crippen LogP contribution in [0.5, 0.6) is 0 Å². The predicted molar refractivity (Wildman–Crippen MR) is 90.6 cm³/mol. The number of hydrogen-bond donors (Lipinski definition) is 6. The lowest BCUT2D eigenvalue weighted by molar-refractivity contribution is -0.137. The number of amides is 4. The number of urea groups is 1. The Morgan fingerprint density at radius 1 is 1.24 bits per heavy atom. The Balaban J connectivity index is 0.000000299. The van der Waals surface area contributed by atoms with E-state index in [2.05, 4.69) is 22.1 Å². The van der Waals surface area contributed by atoms with Gasteiger partial charge in [-0.3, -0.25) is 14.4 Å². The fourth-order valence-corrected chi connectivity index (χ4v) is 4.10. The lowest BCUT2D eigenvalue weighted by Gasteiger charge is -2.16. The molecule has 1 unspecified atom stereocenters. The fraction of sp³-hybridized carbons (Fsp3) is 0.714. The van der Waals surface area contributed by atoms with Crippen LogP contribution in [0.1, 0.15) is 32.1 Å². The Bertz CT molecular complexity index is 518. The van der Waals surface area contributed by atoms with Crippen molar-refractivity contribution in [1.29, 1.82) is 0 Å². The highest BCUT2D eigenvalue weighted by molar-refractivity contribution is 8.00. The zero-order chi connectivity index (χ0) is 19.0. The van der Waals surface area contributed by atoms with Gasteiger partial charge in [-0.05, 0) is 12.8 Å². The van der Waals surface area contributed by atoms with E-state index in [4.69, 9.17) is 10.2 Å². The number of aliphatic carboxylic acids is 1. The maximum Gasteiger partial charge on any atom is 0.315 e. The molecule has 0 radical (unpaired) electrons. The van der Waals surface area contributed by atoms with Crippen LogP contribution in [0.3, 0.4) is 0 Å². The number of fused-ring (bicyclic) bond motifs is 1. The quantitative estimate of drug-likeness (QED) is 0.220. The number of unbranched alkanes of at least 4 members (excludes halogenated alkanes) is 1. The normalized spacial score (nSPS) is 25.0. The van der Waals surface area contributed by atoms with Gasteiger partial charge in [0, 0.05) is 17.4 Å². The van der Waals surface area contributed by atoms with Gasteiger partial charge in [0.1, 0.15) is 6.10 Å². The first-order valence-electron chi connectivity index (χ1n) is 7.86. The second-order valence-electron chi connectivity index (χ2n) is 5.85. The molecule has 25 heavy (non-hydrogen) atoms. The van der Waals surface area contributed by atoms with Crippen LogP contribution in [0.25, 0.3) is 0 Å².